The van der Waals surface area contributed by atoms with Crippen molar-refractivity contribution in [1.82, 2.24) is 5.32 Å². The van der Waals surface area contributed by atoms with Crippen molar-refractivity contribution in [2.75, 3.05) is 21.3 Å². The van der Waals surface area contributed by atoms with Gasteiger partial charge in [0.2, 0.25) is 11.7 Å². The molecule has 0 aromatic heterocycles. The van der Waals surface area contributed by atoms with Crippen LogP contribution in [0.1, 0.15) is 41.6 Å². The molecule has 0 fully saturated rings. The van der Waals surface area contributed by atoms with Crippen molar-refractivity contribution in [3.63, 3.8) is 0 Å². The van der Waals surface area contributed by atoms with Crippen LogP contribution < -0.4 is 19.5 Å². The molecule has 0 aliphatic heterocycles. The van der Waals surface area contributed by atoms with Gasteiger partial charge in [0.05, 0.1) is 27.4 Å². The minimum atomic E-state index is -0.165. The van der Waals surface area contributed by atoms with E-state index >= 15 is 0 Å². The smallest absolute Gasteiger partial charge is 0.244 e. The third-order valence-corrected chi connectivity index (χ3v) is 4.81. The van der Waals surface area contributed by atoms with Gasteiger partial charge >= 0.3 is 0 Å². The predicted octanol–water partition coefficient (Wildman–Crippen LogP) is 4.61. The molecule has 0 bridgehead atoms. The summed E-state index contributed by atoms with van der Waals surface area (Å²) in [6.45, 7) is 6.22. The van der Waals surface area contributed by atoms with Gasteiger partial charge in [0, 0.05) is 11.6 Å². The van der Waals surface area contributed by atoms with E-state index in [-0.39, 0.29) is 11.9 Å². The summed E-state index contributed by atoms with van der Waals surface area (Å²) in [5, 5.41) is 3.07. The lowest BCUT2D eigenvalue weighted by Gasteiger charge is -2.18. The van der Waals surface area contributed by atoms with Crippen molar-refractivity contribution in [3.05, 3.63) is 58.7 Å². The Bertz CT molecular complexity index is 858. The fraction of sp³-hybridized carbons (Fsp3) is 0.348. The number of hydrogen-bond acceptors (Lipinski definition) is 4. The zero-order valence-electron chi connectivity index (χ0n) is 17.5. The van der Waals surface area contributed by atoms with E-state index in [0.717, 1.165) is 17.5 Å². The third kappa shape index (κ3) is 4.85. The Kier molecular flexibility index (Phi) is 7.50. The highest BCUT2D eigenvalue weighted by Gasteiger charge is 2.15. The van der Waals surface area contributed by atoms with Gasteiger partial charge in [0.15, 0.2) is 11.5 Å². The summed E-state index contributed by atoms with van der Waals surface area (Å²) in [4.78, 5) is 12.5. The van der Waals surface area contributed by atoms with Gasteiger partial charge in [-0.15, -0.1) is 0 Å². The quantitative estimate of drug-likeness (QED) is 0.677. The summed E-state index contributed by atoms with van der Waals surface area (Å²) in [5.41, 5.74) is 4.30. The number of amides is 1. The van der Waals surface area contributed by atoms with E-state index in [1.165, 1.54) is 17.2 Å². The van der Waals surface area contributed by atoms with E-state index in [1.54, 1.807) is 33.5 Å². The van der Waals surface area contributed by atoms with Gasteiger partial charge in [-0.25, -0.2) is 0 Å². The van der Waals surface area contributed by atoms with Gasteiger partial charge < -0.3 is 19.5 Å². The van der Waals surface area contributed by atoms with Crippen LogP contribution in [-0.4, -0.2) is 27.2 Å². The molecule has 0 spiro atoms. The average Bonchev–Trinajstić information content (AvgIpc) is 2.71. The molecule has 1 atom stereocenters. The van der Waals surface area contributed by atoms with E-state index in [4.69, 9.17) is 14.2 Å². The molecule has 1 N–H and O–H groups in total. The summed E-state index contributed by atoms with van der Waals surface area (Å²) >= 11 is 0. The standard InChI is InChI=1S/C23H29NO4/c1-7-19(18-9-8-15(2)16(3)14-18)24-21(25)13-11-17-10-12-20(26-4)23(28-6)22(17)27-5/h8-14,19H,7H2,1-6H3,(H,24,25)/b13-11+/t19-/m1/s1. The Labute approximate surface area is 167 Å². The van der Waals surface area contributed by atoms with Crippen molar-refractivity contribution < 1.29 is 19.0 Å². The molecule has 5 heteroatoms. The Hall–Kier alpha value is -2.95. The second-order valence-electron chi connectivity index (χ2n) is 6.57. The molecule has 2 aromatic carbocycles. The van der Waals surface area contributed by atoms with Crippen LogP contribution in [0.5, 0.6) is 17.2 Å². The van der Waals surface area contributed by atoms with Crippen LogP contribution in [0.25, 0.3) is 6.08 Å². The van der Waals surface area contributed by atoms with Gasteiger partial charge in [-0.1, -0.05) is 25.1 Å². The van der Waals surface area contributed by atoms with Crippen LogP contribution in [0, 0.1) is 13.8 Å². The maximum Gasteiger partial charge on any atom is 0.244 e. The highest BCUT2D eigenvalue weighted by molar-refractivity contribution is 5.92. The minimum Gasteiger partial charge on any atom is -0.493 e. The van der Waals surface area contributed by atoms with Crippen LogP contribution in [0.3, 0.4) is 0 Å². The first kappa shape index (κ1) is 21.4. The topological polar surface area (TPSA) is 56.8 Å². The predicted molar refractivity (Wildman–Crippen MR) is 112 cm³/mol. The molecule has 0 aliphatic carbocycles. The van der Waals surface area contributed by atoms with Crippen molar-refractivity contribution in [2.24, 2.45) is 0 Å². The SMILES string of the molecule is CC[C@@H](NC(=O)/C=C/c1ccc(OC)c(OC)c1OC)c1ccc(C)c(C)c1. The van der Waals surface area contributed by atoms with Gasteiger partial charge in [0.25, 0.3) is 0 Å². The van der Waals surface area contributed by atoms with E-state index < -0.39 is 0 Å². The van der Waals surface area contributed by atoms with E-state index in [2.05, 4.69) is 44.3 Å². The van der Waals surface area contributed by atoms with Crippen LogP contribution in [-0.2, 0) is 4.79 Å². The molecule has 150 valence electrons. The summed E-state index contributed by atoms with van der Waals surface area (Å²) in [7, 11) is 4.68. The first-order valence-electron chi connectivity index (χ1n) is 9.29. The summed E-state index contributed by atoms with van der Waals surface area (Å²) in [6.07, 6.45) is 4.03. The molecule has 0 unspecified atom stereocenters. The Morgan fingerprint density at radius 2 is 1.71 bits per heavy atom. The van der Waals surface area contributed by atoms with Crippen LogP contribution in [0.15, 0.2) is 36.4 Å². The van der Waals surface area contributed by atoms with E-state index in [1.807, 2.05) is 6.07 Å². The summed E-state index contributed by atoms with van der Waals surface area (Å²) in [5.74, 6) is 1.42. The molecule has 0 radical (unpaired) electrons. The van der Waals surface area contributed by atoms with Crippen LogP contribution >= 0.6 is 0 Å². The highest BCUT2D eigenvalue weighted by atomic mass is 16.5. The number of aryl methyl sites for hydroxylation is 2. The van der Waals surface area contributed by atoms with Gasteiger partial charge in [-0.2, -0.15) is 0 Å². The van der Waals surface area contributed by atoms with Crippen molar-refractivity contribution in [3.8, 4) is 17.2 Å². The summed E-state index contributed by atoms with van der Waals surface area (Å²) in [6, 6.07) is 9.85. The monoisotopic (exact) mass is 383 g/mol. The van der Waals surface area contributed by atoms with E-state index in [0.29, 0.717) is 17.2 Å². The second kappa shape index (κ2) is 9.83. The number of methoxy groups -OCH3 is 3. The van der Waals surface area contributed by atoms with Gasteiger partial charge in [-0.05, 0) is 55.2 Å². The maximum atomic E-state index is 12.5. The zero-order chi connectivity index (χ0) is 20.7. The molecule has 28 heavy (non-hydrogen) atoms. The molecule has 2 aromatic rings. The molecular formula is C23H29NO4. The van der Waals surface area contributed by atoms with Crippen LogP contribution in [0.2, 0.25) is 0 Å². The van der Waals surface area contributed by atoms with Crippen LogP contribution in [0.4, 0.5) is 0 Å². The lowest BCUT2D eigenvalue weighted by atomic mass is 9.99. The van der Waals surface area contributed by atoms with Crippen molar-refractivity contribution in [1.29, 1.82) is 0 Å². The third-order valence-electron chi connectivity index (χ3n) is 4.81. The zero-order valence-corrected chi connectivity index (χ0v) is 17.5. The molecule has 1 amide bonds. The Balaban J connectivity index is 2.19. The molecule has 0 aliphatic rings. The fourth-order valence-electron chi connectivity index (χ4n) is 3.04. The Morgan fingerprint density at radius 1 is 1.00 bits per heavy atom. The van der Waals surface area contributed by atoms with Crippen molar-refractivity contribution >= 4 is 12.0 Å². The van der Waals surface area contributed by atoms with E-state index in [9.17, 15) is 4.79 Å². The number of ether oxygens (including phenoxy) is 3. The number of hydrogen-bond donors (Lipinski definition) is 1. The first-order valence-corrected chi connectivity index (χ1v) is 9.29. The minimum absolute atomic E-state index is 0.0382. The Morgan fingerprint density at radius 3 is 2.29 bits per heavy atom. The maximum absolute atomic E-state index is 12.5. The first-order chi connectivity index (χ1) is 13.4. The number of nitrogens with one attached hydrogen (secondary N) is 1. The van der Waals surface area contributed by atoms with Crippen molar-refractivity contribution in [2.45, 2.75) is 33.2 Å². The molecule has 2 rings (SSSR count). The number of rotatable bonds is 8. The normalized spacial score (nSPS) is 11.9. The fourth-order valence-corrected chi connectivity index (χ4v) is 3.04. The molecule has 0 saturated carbocycles. The molecule has 0 saturated heterocycles. The lowest BCUT2D eigenvalue weighted by molar-refractivity contribution is -0.117. The molecule has 0 heterocycles. The summed E-state index contributed by atoms with van der Waals surface area (Å²) < 4.78 is 16.1. The van der Waals surface area contributed by atoms with Gasteiger partial charge in [0.1, 0.15) is 0 Å². The number of carbonyl (C=O) groups excluding carboxylic acids is 1. The molecular weight excluding hydrogens is 354 g/mol. The average molecular weight is 383 g/mol. The molecule has 5 nitrogen and oxygen atoms in total. The highest BCUT2D eigenvalue weighted by Crippen LogP contribution is 2.40. The number of benzene rings is 2. The number of carbonyl (C=O) groups is 1. The second-order valence-corrected chi connectivity index (χ2v) is 6.57. The van der Waals surface area contributed by atoms with Gasteiger partial charge in [-0.3, -0.25) is 4.79 Å². The largest absolute Gasteiger partial charge is 0.493 e. The lowest BCUT2D eigenvalue weighted by Crippen LogP contribution is -2.26.